The summed E-state index contributed by atoms with van der Waals surface area (Å²) < 4.78 is 23.8. The number of rotatable bonds is 32. The molecule has 0 unspecified atom stereocenters. The Balaban J connectivity index is 5.51. The molecule has 0 aromatic rings. The predicted molar refractivity (Wildman–Crippen MR) is 201 cm³/mol. The van der Waals surface area contributed by atoms with Gasteiger partial charge in [-0.25, -0.2) is 0 Å². The Morgan fingerprint density at radius 3 is 1.14 bits per heavy atom. The number of hydrogen-bond acceptors (Lipinski definition) is 8. The zero-order valence-corrected chi connectivity index (χ0v) is 35.1. The van der Waals surface area contributed by atoms with E-state index in [0.717, 1.165) is 140 Å². The molecule has 0 saturated heterocycles. The van der Waals surface area contributed by atoms with Gasteiger partial charge in [-0.15, -0.1) is 0 Å². The zero-order valence-electron chi connectivity index (χ0n) is 32.2. The van der Waals surface area contributed by atoms with Crippen molar-refractivity contribution in [1.82, 2.24) is 0 Å². The Morgan fingerprint density at radius 1 is 0.449 bits per heavy atom. The fourth-order valence-corrected chi connectivity index (χ4v) is 14.5. The van der Waals surface area contributed by atoms with Crippen LogP contribution in [0.3, 0.4) is 0 Å². The Labute approximate surface area is 304 Å². The number of unbranched alkanes of at least 4 members (excludes halogenated alkanes) is 14. The Kier molecular flexibility index (Phi) is 30.9. The van der Waals surface area contributed by atoms with Gasteiger partial charge in [0.05, 0.1) is 0 Å². The van der Waals surface area contributed by atoms with Crippen LogP contribution in [0.25, 0.3) is 0 Å². The quantitative estimate of drug-likeness (QED) is 0.0287. The summed E-state index contributed by atoms with van der Waals surface area (Å²) in [5.41, 5.74) is 0. The number of carbonyl (C=O) groups excluding carboxylic acids is 4. The van der Waals surface area contributed by atoms with Gasteiger partial charge < -0.3 is 0 Å². The third-order valence-electron chi connectivity index (χ3n) is 8.45. The molecule has 0 aliphatic carbocycles. The Bertz CT molecular complexity index is 853. The van der Waals surface area contributed by atoms with Gasteiger partial charge in [0.25, 0.3) is 0 Å². The molecule has 0 aromatic heterocycles. The van der Waals surface area contributed by atoms with Crippen LogP contribution in [0.15, 0.2) is 24.3 Å². The van der Waals surface area contributed by atoms with Crippen LogP contribution in [0.2, 0.25) is 8.87 Å². The maximum absolute atomic E-state index is 13.1. The molecule has 0 aliphatic rings. The first-order valence-electron chi connectivity index (χ1n) is 19.7. The van der Waals surface area contributed by atoms with Gasteiger partial charge in [0.2, 0.25) is 0 Å². The van der Waals surface area contributed by atoms with E-state index in [1.54, 1.807) is 0 Å². The van der Waals surface area contributed by atoms with Crippen LogP contribution in [0.4, 0.5) is 0 Å². The van der Waals surface area contributed by atoms with Crippen molar-refractivity contribution >= 4 is 43.1 Å². The van der Waals surface area contributed by atoms with E-state index in [1.165, 1.54) is 12.8 Å². The van der Waals surface area contributed by atoms with Gasteiger partial charge in [-0.1, -0.05) is 27.7 Å². The summed E-state index contributed by atoms with van der Waals surface area (Å²) in [5, 5.41) is 0. The molecule has 49 heavy (non-hydrogen) atoms. The van der Waals surface area contributed by atoms with Gasteiger partial charge in [0, 0.05) is 0 Å². The van der Waals surface area contributed by atoms with Gasteiger partial charge in [-0.05, 0) is 0 Å². The Hall–Kier alpha value is -1.84. The minimum absolute atomic E-state index is 0.306. The molecule has 0 heterocycles. The summed E-state index contributed by atoms with van der Waals surface area (Å²) in [7, 11) is 0. The third-order valence-corrected chi connectivity index (χ3v) is 18.1. The standard InChI is InChI=1S/2C12H20O4.2C8H17.Sn/c2*1-10(2)6-4-3-5-9-16-12(15)8-7-11(13)14;2*1-3-5-7-8-6-4-2;/h2*7-8,10H,3-6,9H2,1-2H3,(H,13,14);2*1,3-8H2,2H3;/q;;;;+2/p-2. The van der Waals surface area contributed by atoms with E-state index in [9.17, 15) is 19.2 Å². The van der Waals surface area contributed by atoms with Crippen molar-refractivity contribution in [2.24, 2.45) is 11.8 Å². The maximum atomic E-state index is 13.1. The van der Waals surface area contributed by atoms with Crippen molar-refractivity contribution in [3.05, 3.63) is 24.3 Å². The summed E-state index contributed by atoms with van der Waals surface area (Å²) in [6.45, 7) is 13.7. The molecule has 0 atom stereocenters. The topological polar surface area (TPSA) is 105 Å². The zero-order chi connectivity index (χ0) is 36.6. The van der Waals surface area contributed by atoms with Crippen molar-refractivity contribution in [2.75, 3.05) is 13.2 Å². The summed E-state index contributed by atoms with van der Waals surface area (Å²) >= 11 is -4.38. The van der Waals surface area contributed by atoms with Gasteiger partial charge in [0.15, 0.2) is 0 Å². The molecule has 0 radical (unpaired) electrons. The number of carbonyl (C=O) groups is 4. The van der Waals surface area contributed by atoms with Crippen LogP contribution in [0, 0.1) is 11.8 Å². The SMILES string of the molecule is CCCCCCC[CH2][Sn]([CH2]CCCCCCC)([O]C(=O)C=CC(=O)OCCCCCC(C)C)[O]C(=O)C=CC(=O)OCCCCCC(C)C. The second-order valence-corrected chi connectivity index (χ2v) is 23.5. The molecule has 0 aromatic carbocycles. The fourth-order valence-electron chi connectivity index (χ4n) is 5.51. The third kappa shape index (κ3) is 30.7. The summed E-state index contributed by atoms with van der Waals surface area (Å²) in [5.74, 6) is -1.24. The molecule has 0 spiro atoms. The van der Waals surface area contributed by atoms with Gasteiger partial charge in [-0.3, -0.25) is 0 Å². The van der Waals surface area contributed by atoms with E-state index in [1.807, 2.05) is 0 Å². The van der Waals surface area contributed by atoms with Crippen molar-refractivity contribution in [1.29, 1.82) is 0 Å². The molecule has 0 aliphatic heterocycles. The van der Waals surface area contributed by atoms with Crippen LogP contribution >= 0.6 is 0 Å². The smallest absolute Gasteiger partial charge is 0.0628 e. The average Bonchev–Trinajstić information content (AvgIpc) is 3.05. The van der Waals surface area contributed by atoms with Crippen molar-refractivity contribution in [3.63, 3.8) is 0 Å². The molecule has 0 amide bonds. The van der Waals surface area contributed by atoms with E-state index < -0.39 is 43.1 Å². The van der Waals surface area contributed by atoms with Crippen molar-refractivity contribution in [2.45, 2.75) is 179 Å². The predicted octanol–water partition coefficient (Wildman–Crippen LogP) is 10.9. The molecular formula is C40H72O8Sn. The molecule has 284 valence electrons. The average molecular weight is 800 g/mol. The van der Waals surface area contributed by atoms with E-state index in [4.69, 9.17) is 15.6 Å². The number of ether oxygens (including phenoxy) is 2. The molecule has 0 N–H and O–H groups in total. The fraction of sp³-hybridized carbons (Fsp3) is 0.800. The molecular weight excluding hydrogens is 727 g/mol. The van der Waals surface area contributed by atoms with Crippen LogP contribution in [-0.2, 0) is 34.8 Å². The van der Waals surface area contributed by atoms with E-state index in [0.29, 0.717) is 33.9 Å². The first-order chi connectivity index (χ1) is 23.5. The molecule has 8 nitrogen and oxygen atoms in total. The number of hydrogen-bond donors (Lipinski definition) is 0. The first kappa shape index (κ1) is 47.2. The molecule has 9 heteroatoms. The second kappa shape index (κ2) is 32.1. The normalized spacial score (nSPS) is 11.9. The first-order valence-corrected chi connectivity index (χ1v) is 26.1. The van der Waals surface area contributed by atoms with Crippen molar-refractivity contribution < 1.29 is 34.8 Å². The molecule has 0 saturated carbocycles. The molecule has 0 rings (SSSR count). The van der Waals surface area contributed by atoms with Gasteiger partial charge in [0.1, 0.15) is 0 Å². The summed E-state index contributed by atoms with van der Waals surface area (Å²) in [6.07, 6.45) is 25.0. The van der Waals surface area contributed by atoms with Crippen LogP contribution in [-0.4, -0.2) is 56.3 Å². The van der Waals surface area contributed by atoms with Crippen LogP contribution < -0.4 is 0 Å². The van der Waals surface area contributed by atoms with Gasteiger partial charge in [-0.2, -0.15) is 0 Å². The minimum Gasteiger partial charge on any atom is -0.0628 e. The van der Waals surface area contributed by atoms with E-state index in [2.05, 4.69) is 41.5 Å². The van der Waals surface area contributed by atoms with Crippen LogP contribution in [0.1, 0.15) is 170 Å². The van der Waals surface area contributed by atoms with E-state index >= 15 is 0 Å². The molecule has 0 bridgehead atoms. The monoisotopic (exact) mass is 800 g/mol. The Morgan fingerprint density at radius 2 is 0.776 bits per heavy atom. The summed E-state index contributed by atoms with van der Waals surface area (Å²) in [4.78, 5) is 50.8. The van der Waals surface area contributed by atoms with E-state index in [-0.39, 0.29) is 0 Å². The van der Waals surface area contributed by atoms with Crippen molar-refractivity contribution in [3.8, 4) is 0 Å². The number of esters is 2. The minimum atomic E-state index is -4.38. The van der Waals surface area contributed by atoms with Crippen LogP contribution in [0.5, 0.6) is 0 Å². The van der Waals surface area contributed by atoms with Gasteiger partial charge >= 0.3 is 278 Å². The molecule has 0 fully saturated rings. The second-order valence-electron chi connectivity index (χ2n) is 14.3. The summed E-state index contributed by atoms with van der Waals surface area (Å²) in [6, 6.07) is 0.